The van der Waals surface area contributed by atoms with Gasteiger partial charge in [-0.1, -0.05) is 17.7 Å². The molecule has 1 fully saturated rings. The van der Waals surface area contributed by atoms with Crippen molar-refractivity contribution in [3.05, 3.63) is 65.3 Å². The Labute approximate surface area is 252 Å². The lowest BCUT2D eigenvalue weighted by atomic mass is 9.95. The minimum atomic E-state index is -0.375. The van der Waals surface area contributed by atoms with Crippen molar-refractivity contribution in [2.75, 3.05) is 33.5 Å². The number of hydrogen-bond acceptors (Lipinski definition) is 9. The molecule has 10 nitrogen and oxygen atoms in total. The minimum Gasteiger partial charge on any atom is -0.475 e. The van der Waals surface area contributed by atoms with Crippen molar-refractivity contribution in [3.8, 4) is 17.3 Å². The molecular weight excluding hydrogens is 550 g/mol. The van der Waals surface area contributed by atoms with Crippen molar-refractivity contribution in [1.29, 1.82) is 0 Å². The van der Waals surface area contributed by atoms with Crippen LogP contribution in [-0.4, -0.2) is 66.2 Å². The van der Waals surface area contributed by atoms with Gasteiger partial charge in [-0.2, -0.15) is 0 Å². The van der Waals surface area contributed by atoms with Gasteiger partial charge in [0.15, 0.2) is 0 Å². The summed E-state index contributed by atoms with van der Waals surface area (Å²) in [5.74, 6) is 1.50. The van der Waals surface area contributed by atoms with E-state index in [1.165, 1.54) is 0 Å². The zero-order chi connectivity index (χ0) is 30.2. The van der Waals surface area contributed by atoms with Gasteiger partial charge >= 0.3 is 5.97 Å². The molecule has 0 saturated heterocycles. The number of hydrogen-bond donors (Lipinski definition) is 0. The van der Waals surface area contributed by atoms with Gasteiger partial charge in [-0.25, -0.2) is 14.8 Å². The topological polar surface area (TPSA) is 107 Å². The Hall–Kier alpha value is -3.73. The first-order valence-corrected chi connectivity index (χ1v) is 15.0. The van der Waals surface area contributed by atoms with Crippen LogP contribution in [0.4, 0.5) is 0 Å². The standard InChI is InChI=1S/C33H41N3O7/c1-5-39-33(37)29-17-25-18-31(41-15-14-38-4)34-20-30(25)36(29)12-13-40-26-10-7-11-27(19-26)42-21-28-23(3)43-32(35-28)24-9-6-8-22(2)16-24/h6,8-9,16-18,20,26-27H,5,7,10-15,19,21H2,1-4H3/t26-,27+/m1/s1. The lowest BCUT2D eigenvalue weighted by Crippen LogP contribution is -2.29. The first kappa shape index (κ1) is 30.7. The highest BCUT2D eigenvalue weighted by Gasteiger charge is 2.25. The van der Waals surface area contributed by atoms with E-state index in [0.717, 1.165) is 59.2 Å². The number of pyridine rings is 1. The molecule has 0 N–H and O–H groups in total. The summed E-state index contributed by atoms with van der Waals surface area (Å²) < 4.78 is 36.5. The lowest BCUT2D eigenvalue weighted by Gasteiger charge is -2.29. The molecule has 0 spiro atoms. The Morgan fingerprint density at radius 3 is 2.70 bits per heavy atom. The van der Waals surface area contributed by atoms with Crippen LogP contribution >= 0.6 is 0 Å². The second-order valence-corrected chi connectivity index (χ2v) is 10.8. The SMILES string of the molecule is CCOC(=O)c1cc2cc(OCCOC)ncc2n1CCO[C@@H]1CCC[C@H](OCc2nc(-c3cccc(C)c3)oc2C)C1. The number of carbonyl (C=O) groups is 1. The van der Waals surface area contributed by atoms with Gasteiger partial charge in [0.1, 0.15) is 23.8 Å². The van der Waals surface area contributed by atoms with Gasteiger partial charge in [0.2, 0.25) is 11.8 Å². The van der Waals surface area contributed by atoms with E-state index >= 15 is 0 Å². The molecule has 1 aliphatic carbocycles. The lowest BCUT2D eigenvalue weighted by molar-refractivity contribution is -0.0523. The smallest absolute Gasteiger partial charge is 0.354 e. The molecule has 3 aromatic heterocycles. The van der Waals surface area contributed by atoms with Gasteiger partial charge in [-0.3, -0.25) is 0 Å². The van der Waals surface area contributed by atoms with Crippen molar-refractivity contribution in [1.82, 2.24) is 14.5 Å². The second kappa shape index (κ2) is 14.6. The fourth-order valence-corrected chi connectivity index (χ4v) is 5.44. The molecule has 10 heteroatoms. The van der Waals surface area contributed by atoms with Crippen LogP contribution < -0.4 is 4.74 Å². The van der Waals surface area contributed by atoms with E-state index in [2.05, 4.69) is 24.0 Å². The Kier molecular flexibility index (Phi) is 10.5. The molecule has 2 atom stereocenters. The Balaban J connectivity index is 1.17. The molecule has 0 radical (unpaired) electrons. The number of fused-ring (bicyclic) bond motifs is 1. The summed E-state index contributed by atoms with van der Waals surface area (Å²) >= 11 is 0. The summed E-state index contributed by atoms with van der Waals surface area (Å²) in [6.07, 6.45) is 5.67. The Bertz CT molecular complexity index is 1510. The van der Waals surface area contributed by atoms with E-state index in [-0.39, 0.29) is 18.2 Å². The molecule has 0 amide bonds. The number of carbonyl (C=O) groups excluding carboxylic acids is 1. The number of aryl methyl sites for hydroxylation is 2. The van der Waals surface area contributed by atoms with Gasteiger partial charge < -0.3 is 32.7 Å². The molecular formula is C33H41N3O7. The molecule has 1 aromatic carbocycles. The zero-order valence-corrected chi connectivity index (χ0v) is 25.5. The third kappa shape index (κ3) is 7.81. The molecule has 4 aromatic rings. The van der Waals surface area contributed by atoms with Crippen molar-refractivity contribution in [2.45, 2.75) is 71.8 Å². The average Bonchev–Trinajstić information content (AvgIpc) is 3.56. The maximum atomic E-state index is 12.8. The maximum absolute atomic E-state index is 12.8. The Morgan fingerprint density at radius 1 is 1.07 bits per heavy atom. The van der Waals surface area contributed by atoms with E-state index in [0.29, 0.717) is 57.0 Å². The van der Waals surface area contributed by atoms with Gasteiger partial charge in [0.25, 0.3) is 0 Å². The first-order chi connectivity index (χ1) is 20.9. The van der Waals surface area contributed by atoms with Gasteiger partial charge in [0, 0.05) is 30.7 Å². The molecule has 0 aliphatic heterocycles. The number of oxazole rings is 1. The van der Waals surface area contributed by atoms with E-state index in [9.17, 15) is 4.79 Å². The second-order valence-electron chi connectivity index (χ2n) is 10.8. The van der Waals surface area contributed by atoms with Gasteiger partial charge in [0.05, 0.1) is 50.3 Å². The third-order valence-corrected chi connectivity index (χ3v) is 7.64. The van der Waals surface area contributed by atoms with E-state index in [1.54, 1.807) is 20.2 Å². The van der Waals surface area contributed by atoms with Gasteiger partial charge in [-0.15, -0.1) is 0 Å². The first-order valence-electron chi connectivity index (χ1n) is 15.0. The molecule has 230 valence electrons. The molecule has 1 aliphatic rings. The number of ether oxygens (including phenoxy) is 5. The summed E-state index contributed by atoms with van der Waals surface area (Å²) in [6.45, 7) is 8.28. The predicted octanol–water partition coefficient (Wildman–Crippen LogP) is 6.05. The van der Waals surface area contributed by atoms with Crippen molar-refractivity contribution in [3.63, 3.8) is 0 Å². The maximum Gasteiger partial charge on any atom is 0.354 e. The number of nitrogens with zero attached hydrogens (tertiary/aromatic N) is 3. The molecule has 0 unspecified atom stereocenters. The van der Waals surface area contributed by atoms with E-state index < -0.39 is 0 Å². The fourth-order valence-electron chi connectivity index (χ4n) is 5.44. The van der Waals surface area contributed by atoms with E-state index in [1.807, 2.05) is 35.8 Å². The highest BCUT2D eigenvalue weighted by Crippen LogP contribution is 2.28. The van der Waals surface area contributed by atoms with Crippen LogP contribution in [0.5, 0.6) is 5.88 Å². The van der Waals surface area contributed by atoms with E-state index in [4.69, 9.17) is 33.1 Å². The normalized spacial score (nSPS) is 16.9. The zero-order valence-electron chi connectivity index (χ0n) is 25.5. The quantitative estimate of drug-likeness (QED) is 0.128. The largest absolute Gasteiger partial charge is 0.475 e. The van der Waals surface area contributed by atoms with Crippen molar-refractivity contribution < 1.29 is 32.9 Å². The van der Waals surface area contributed by atoms with Crippen LogP contribution in [0.15, 0.2) is 47.0 Å². The van der Waals surface area contributed by atoms with Crippen LogP contribution in [0.25, 0.3) is 22.4 Å². The van der Waals surface area contributed by atoms with Crippen LogP contribution in [0.3, 0.4) is 0 Å². The summed E-state index contributed by atoms with van der Waals surface area (Å²) in [6, 6.07) is 11.8. The summed E-state index contributed by atoms with van der Waals surface area (Å²) in [4.78, 5) is 21.9. The van der Waals surface area contributed by atoms with Crippen LogP contribution in [0.1, 0.15) is 60.1 Å². The number of methoxy groups -OCH3 is 1. The molecule has 3 heterocycles. The highest BCUT2D eigenvalue weighted by molar-refractivity contribution is 5.95. The molecule has 43 heavy (non-hydrogen) atoms. The highest BCUT2D eigenvalue weighted by atomic mass is 16.5. The summed E-state index contributed by atoms with van der Waals surface area (Å²) in [5, 5.41) is 0.852. The van der Waals surface area contributed by atoms with Crippen LogP contribution in [-0.2, 0) is 32.1 Å². The number of aromatic nitrogens is 3. The Morgan fingerprint density at radius 2 is 1.91 bits per heavy atom. The summed E-state index contributed by atoms with van der Waals surface area (Å²) in [7, 11) is 1.62. The number of rotatable bonds is 14. The molecule has 5 rings (SSSR count). The van der Waals surface area contributed by atoms with Gasteiger partial charge in [-0.05, 0) is 64.7 Å². The monoisotopic (exact) mass is 591 g/mol. The average molecular weight is 592 g/mol. The fraction of sp³-hybridized carbons (Fsp3) is 0.485. The minimum absolute atomic E-state index is 0.0757. The van der Waals surface area contributed by atoms with Crippen molar-refractivity contribution in [2.24, 2.45) is 0 Å². The molecule has 0 bridgehead atoms. The third-order valence-electron chi connectivity index (χ3n) is 7.64. The summed E-state index contributed by atoms with van der Waals surface area (Å²) in [5.41, 5.74) is 4.24. The number of benzene rings is 1. The van der Waals surface area contributed by atoms with Crippen LogP contribution in [0, 0.1) is 13.8 Å². The van der Waals surface area contributed by atoms with Crippen molar-refractivity contribution >= 4 is 16.9 Å². The van der Waals surface area contributed by atoms with Crippen LogP contribution in [0.2, 0.25) is 0 Å². The number of esters is 1. The molecule has 1 saturated carbocycles. The predicted molar refractivity (Wildman–Crippen MR) is 161 cm³/mol.